The number of carbonyl (C=O) groups excluding carboxylic acids is 3. The molecule has 0 bridgehead atoms. The van der Waals surface area contributed by atoms with Gasteiger partial charge in [0.25, 0.3) is 0 Å². The van der Waals surface area contributed by atoms with Gasteiger partial charge in [0.15, 0.2) is 0 Å². The van der Waals surface area contributed by atoms with Crippen LogP contribution in [-0.2, 0) is 16.0 Å². The normalized spacial score (nSPS) is 14.7. The van der Waals surface area contributed by atoms with Crippen molar-refractivity contribution in [2.45, 2.75) is 32.7 Å². The first-order valence-corrected chi connectivity index (χ1v) is 7.67. The number of carbonyl (C=O) groups is 3. The zero-order valence-electron chi connectivity index (χ0n) is 13.6. The molecule has 1 aromatic rings. The number of urea groups is 1. The maximum atomic E-state index is 11.9. The lowest BCUT2D eigenvalue weighted by atomic mass is 10.0. The van der Waals surface area contributed by atoms with Gasteiger partial charge in [0.05, 0.1) is 0 Å². The number of amides is 4. The minimum absolute atomic E-state index is 0.105. The van der Waals surface area contributed by atoms with Crippen LogP contribution in [-0.4, -0.2) is 37.5 Å². The first-order chi connectivity index (χ1) is 10.9. The number of hydrogen-bond donors (Lipinski definition) is 3. The average molecular weight is 318 g/mol. The summed E-state index contributed by atoms with van der Waals surface area (Å²) in [5, 5.41) is 7.85. The standard InChI is InChI=1S/C16H22N4O3/c1-4-17-16(23)19-15(22)10(2)18-12-6-7-13-11(9-12)5-8-14(21)20(13)3/h6-7,9-10,18H,4-5,8H2,1-3H3,(H2,17,19,22,23). The summed E-state index contributed by atoms with van der Waals surface area (Å²) in [6.07, 6.45) is 1.17. The molecule has 4 amide bonds. The molecule has 23 heavy (non-hydrogen) atoms. The van der Waals surface area contributed by atoms with E-state index in [2.05, 4.69) is 16.0 Å². The number of rotatable bonds is 4. The van der Waals surface area contributed by atoms with E-state index in [9.17, 15) is 14.4 Å². The van der Waals surface area contributed by atoms with Gasteiger partial charge in [0.1, 0.15) is 6.04 Å². The number of anilines is 2. The molecule has 0 radical (unpaired) electrons. The molecular weight excluding hydrogens is 296 g/mol. The lowest BCUT2D eigenvalue weighted by molar-refractivity contribution is -0.120. The molecule has 7 nitrogen and oxygen atoms in total. The first-order valence-electron chi connectivity index (χ1n) is 7.67. The minimum Gasteiger partial charge on any atom is -0.374 e. The van der Waals surface area contributed by atoms with Gasteiger partial charge in [-0.15, -0.1) is 0 Å². The van der Waals surface area contributed by atoms with E-state index in [0.29, 0.717) is 19.4 Å². The highest BCUT2D eigenvalue weighted by molar-refractivity contribution is 5.98. The predicted octanol–water partition coefficient (Wildman–Crippen LogP) is 1.24. The van der Waals surface area contributed by atoms with Crippen LogP contribution in [0.15, 0.2) is 18.2 Å². The maximum Gasteiger partial charge on any atom is 0.321 e. The Morgan fingerprint density at radius 3 is 2.74 bits per heavy atom. The fourth-order valence-corrected chi connectivity index (χ4v) is 2.49. The third-order valence-corrected chi connectivity index (χ3v) is 3.77. The van der Waals surface area contributed by atoms with Gasteiger partial charge in [-0.1, -0.05) is 0 Å². The van der Waals surface area contributed by atoms with E-state index >= 15 is 0 Å². The van der Waals surface area contributed by atoms with Gasteiger partial charge < -0.3 is 15.5 Å². The smallest absolute Gasteiger partial charge is 0.321 e. The molecule has 7 heteroatoms. The van der Waals surface area contributed by atoms with E-state index in [0.717, 1.165) is 16.9 Å². The highest BCUT2D eigenvalue weighted by Gasteiger charge is 2.21. The van der Waals surface area contributed by atoms with Crippen LogP contribution in [0.4, 0.5) is 16.2 Å². The van der Waals surface area contributed by atoms with Crippen LogP contribution in [0.5, 0.6) is 0 Å². The number of hydrogen-bond acceptors (Lipinski definition) is 4. The summed E-state index contributed by atoms with van der Waals surface area (Å²) in [5.41, 5.74) is 2.74. The third kappa shape index (κ3) is 4.00. The van der Waals surface area contributed by atoms with Crippen molar-refractivity contribution < 1.29 is 14.4 Å². The molecule has 0 fully saturated rings. The van der Waals surface area contributed by atoms with Crippen molar-refractivity contribution in [3.05, 3.63) is 23.8 Å². The number of fused-ring (bicyclic) bond motifs is 1. The molecule has 2 rings (SSSR count). The fourth-order valence-electron chi connectivity index (χ4n) is 2.49. The SMILES string of the molecule is CCNC(=O)NC(=O)C(C)Nc1ccc2c(c1)CCC(=O)N2C. The fraction of sp³-hybridized carbons (Fsp3) is 0.438. The molecule has 3 N–H and O–H groups in total. The molecule has 1 aliphatic heterocycles. The summed E-state index contributed by atoms with van der Waals surface area (Å²) >= 11 is 0. The van der Waals surface area contributed by atoms with E-state index in [-0.39, 0.29) is 5.91 Å². The van der Waals surface area contributed by atoms with Crippen LogP contribution in [0.1, 0.15) is 25.8 Å². The highest BCUT2D eigenvalue weighted by Crippen LogP contribution is 2.29. The summed E-state index contributed by atoms with van der Waals surface area (Å²) in [6, 6.07) is 4.57. The van der Waals surface area contributed by atoms with Crippen molar-refractivity contribution in [3.63, 3.8) is 0 Å². The topological polar surface area (TPSA) is 90.5 Å². The lowest BCUT2D eigenvalue weighted by Crippen LogP contribution is -2.45. The largest absolute Gasteiger partial charge is 0.374 e. The molecule has 1 aromatic carbocycles. The van der Waals surface area contributed by atoms with E-state index in [1.165, 1.54) is 0 Å². The number of nitrogens with zero attached hydrogens (tertiary/aromatic N) is 1. The molecule has 0 saturated carbocycles. The maximum absolute atomic E-state index is 11.9. The zero-order chi connectivity index (χ0) is 17.0. The number of aryl methyl sites for hydroxylation is 1. The highest BCUT2D eigenvalue weighted by atomic mass is 16.2. The van der Waals surface area contributed by atoms with Gasteiger partial charge in [0, 0.05) is 31.4 Å². The molecule has 1 aliphatic rings. The Kier molecular flexibility index (Phi) is 5.20. The van der Waals surface area contributed by atoms with Crippen molar-refractivity contribution in [1.82, 2.24) is 10.6 Å². The van der Waals surface area contributed by atoms with Gasteiger partial charge >= 0.3 is 6.03 Å². The minimum atomic E-state index is -0.557. The van der Waals surface area contributed by atoms with E-state index in [1.807, 2.05) is 18.2 Å². The van der Waals surface area contributed by atoms with Crippen LogP contribution in [0.25, 0.3) is 0 Å². The van der Waals surface area contributed by atoms with Crippen molar-refractivity contribution >= 4 is 29.2 Å². The Hall–Kier alpha value is -2.57. The molecule has 0 aliphatic carbocycles. The Morgan fingerprint density at radius 2 is 2.04 bits per heavy atom. The van der Waals surface area contributed by atoms with Gasteiger partial charge in [-0.2, -0.15) is 0 Å². The summed E-state index contributed by atoms with van der Waals surface area (Å²) in [6.45, 7) is 3.92. The number of imide groups is 1. The third-order valence-electron chi connectivity index (χ3n) is 3.77. The Balaban J connectivity index is 2.02. The summed E-state index contributed by atoms with van der Waals surface area (Å²) in [7, 11) is 1.76. The monoisotopic (exact) mass is 318 g/mol. The quantitative estimate of drug-likeness (QED) is 0.779. The van der Waals surface area contributed by atoms with Gasteiger partial charge in [-0.25, -0.2) is 4.79 Å². The van der Waals surface area contributed by atoms with Crippen molar-refractivity contribution in [2.75, 3.05) is 23.8 Å². The molecule has 1 atom stereocenters. The molecule has 1 heterocycles. The van der Waals surface area contributed by atoms with Crippen molar-refractivity contribution in [1.29, 1.82) is 0 Å². The van der Waals surface area contributed by atoms with E-state index in [4.69, 9.17) is 0 Å². The van der Waals surface area contributed by atoms with Crippen LogP contribution < -0.4 is 20.9 Å². The van der Waals surface area contributed by atoms with E-state index in [1.54, 1.807) is 25.8 Å². The van der Waals surface area contributed by atoms with Gasteiger partial charge in [-0.05, 0) is 44.0 Å². The van der Waals surface area contributed by atoms with E-state index < -0.39 is 18.0 Å². The molecule has 0 saturated heterocycles. The molecule has 1 unspecified atom stereocenters. The number of nitrogens with one attached hydrogen (secondary N) is 3. The summed E-state index contributed by atoms with van der Waals surface area (Å²) in [5.74, 6) is -0.297. The molecule has 0 aromatic heterocycles. The Morgan fingerprint density at radius 1 is 1.30 bits per heavy atom. The second-order valence-electron chi connectivity index (χ2n) is 5.51. The lowest BCUT2D eigenvalue weighted by Gasteiger charge is -2.26. The zero-order valence-corrected chi connectivity index (χ0v) is 13.6. The second kappa shape index (κ2) is 7.13. The number of benzene rings is 1. The van der Waals surface area contributed by atoms with Crippen molar-refractivity contribution in [2.24, 2.45) is 0 Å². The molecule has 124 valence electrons. The summed E-state index contributed by atoms with van der Waals surface area (Å²) in [4.78, 5) is 36.6. The van der Waals surface area contributed by atoms with Crippen LogP contribution >= 0.6 is 0 Å². The Labute approximate surface area is 135 Å². The van der Waals surface area contributed by atoms with Crippen LogP contribution in [0, 0.1) is 0 Å². The van der Waals surface area contributed by atoms with Crippen molar-refractivity contribution in [3.8, 4) is 0 Å². The van der Waals surface area contributed by atoms with Crippen LogP contribution in [0.3, 0.4) is 0 Å². The average Bonchev–Trinajstić information content (AvgIpc) is 2.51. The first kappa shape index (κ1) is 16.8. The summed E-state index contributed by atoms with van der Waals surface area (Å²) < 4.78 is 0. The predicted molar refractivity (Wildman–Crippen MR) is 88.5 cm³/mol. The van der Waals surface area contributed by atoms with Gasteiger partial charge in [0.2, 0.25) is 11.8 Å². The van der Waals surface area contributed by atoms with Crippen LogP contribution in [0.2, 0.25) is 0 Å². The Bertz CT molecular complexity index is 630. The second-order valence-corrected chi connectivity index (χ2v) is 5.51. The molecule has 0 spiro atoms. The van der Waals surface area contributed by atoms with Gasteiger partial charge in [-0.3, -0.25) is 14.9 Å². The molecular formula is C16H22N4O3.